The number of rotatable bonds is 7. The molecule has 2 saturated heterocycles. The van der Waals surface area contributed by atoms with Gasteiger partial charge in [0.25, 0.3) is 0 Å². The maximum Gasteiger partial charge on any atom is 0.350 e. The van der Waals surface area contributed by atoms with Gasteiger partial charge < -0.3 is 28.7 Å². The Kier molecular flexibility index (Phi) is 7.37. The number of benzene rings is 1. The Morgan fingerprint density at radius 3 is 2.27 bits per heavy atom. The second-order valence-corrected chi connectivity index (χ2v) is 7.85. The molecule has 3 heterocycles. The van der Waals surface area contributed by atoms with Gasteiger partial charge in [0, 0.05) is 42.8 Å². The van der Waals surface area contributed by atoms with Crippen molar-refractivity contribution in [2.24, 2.45) is 0 Å². The Balaban J connectivity index is 0.000000205. The van der Waals surface area contributed by atoms with Gasteiger partial charge in [-0.15, -0.1) is 0 Å². The average molecular weight is 461 g/mol. The lowest BCUT2D eigenvalue weighted by molar-refractivity contribution is -0.172. The van der Waals surface area contributed by atoms with E-state index in [0.717, 1.165) is 16.5 Å². The topological polar surface area (TPSA) is 134 Å². The van der Waals surface area contributed by atoms with Gasteiger partial charge in [-0.2, -0.15) is 0 Å². The maximum atomic E-state index is 12.0. The molecule has 0 aliphatic carbocycles. The number of carbonyl (C=O) groups is 4. The van der Waals surface area contributed by atoms with Crippen molar-refractivity contribution in [3.63, 3.8) is 0 Å². The number of aromatic amines is 1. The first-order valence-corrected chi connectivity index (χ1v) is 10.4. The Morgan fingerprint density at radius 1 is 1.03 bits per heavy atom. The number of hydrogen-bond acceptors (Lipinski definition) is 9. The molecule has 2 unspecified atom stereocenters. The summed E-state index contributed by atoms with van der Waals surface area (Å²) in [6, 6.07) is 7.81. The molecule has 0 amide bonds. The van der Waals surface area contributed by atoms with E-state index in [4.69, 9.17) is 14.2 Å². The molecule has 0 spiro atoms. The molecule has 0 bridgehead atoms. The largest absolute Gasteiger partial charge is 0.469 e. The number of cyclic esters (lactones) is 1. The molecule has 4 rings (SSSR count). The number of hydrogen-bond donors (Lipinski definition) is 1. The molecule has 33 heavy (non-hydrogen) atoms. The third-order valence-electron chi connectivity index (χ3n) is 5.76. The molecule has 1 aromatic carbocycles. The number of esters is 4. The highest BCUT2D eigenvalue weighted by Crippen LogP contribution is 2.34. The number of aromatic nitrogens is 1. The normalized spacial score (nSPS) is 23.2. The van der Waals surface area contributed by atoms with E-state index >= 15 is 0 Å². The van der Waals surface area contributed by atoms with Crippen LogP contribution in [0.3, 0.4) is 0 Å². The minimum absolute atomic E-state index is 0.172. The molecule has 2 aliphatic rings. The maximum absolute atomic E-state index is 12.0. The van der Waals surface area contributed by atoms with Crippen LogP contribution >= 0.6 is 0 Å². The van der Waals surface area contributed by atoms with Crippen LogP contribution in [0, 0.1) is 0 Å². The second kappa shape index (κ2) is 10.0. The van der Waals surface area contributed by atoms with Crippen molar-refractivity contribution in [2.45, 2.75) is 43.3 Å². The predicted molar refractivity (Wildman–Crippen MR) is 114 cm³/mol. The molecular formula is C23H27NO9. The monoisotopic (exact) mass is 461 g/mol. The van der Waals surface area contributed by atoms with E-state index in [9.17, 15) is 19.2 Å². The number of carbonyl (C=O) groups excluding carboxylic acids is 4. The molecule has 2 aliphatic heterocycles. The first-order valence-electron chi connectivity index (χ1n) is 10.4. The summed E-state index contributed by atoms with van der Waals surface area (Å²) in [4.78, 5) is 48.5. The summed E-state index contributed by atoms with van der Waals surface area (Å²) in [6.07, 6.45) is 3.28. The first kappa shape index (κ1) is 24.2. The number of para-hydroxylation sites is 1. The zero-order chi connectivity index (χ0) is 24.1. The van der Waals surface area contributed by atoms with Crippen molar-refractivity contribution >= 4 is 34.8 Å². The quantitative estimate of drug-likeness (QED) is 0.372. The minimum atomic E-state index is -1.18. The molecule has 10 heteroatoms. The Labute approximate surface area is 190 Å². The van der Waals surface area contributed by atoms with Crippen LogP contribution < -0.4 is 0 Å². The lowest BCUT2D eigenvalue weighted by Gasteiger charge is -2.24. The molecular weight excluding hydrogens is 434 g/mol. The SMILES string of the molecule is COC(=O)C1(Cc2c[nH]c3ccccc23)CCC(=O)O1.COC(=O)CCC1(C(=O)OC)CO1. The molecule has 1 N–H and O–H groups in total. The number of fused-ring (bicyclic) bond motifs is 1. The molecule has 0 radical (unpaired) electrons. The van der Waals surface area contributed by atoms with Gasteiger partial charge in [-0.1, -0.05) is 18.2 Å². The van der Waals surface area contributed by atoms with Crippen molar-refractivity contribution in [1.82, 2.24) is 4.98 Å². The molecule has 2 fully saturated rings. The van der Waals surface area contributed by atoms with Crippen molar-refractivity contribution < 1.29 is 42.9 Å². The van der Waals surface area contributed by atoms with Crippen LogP contribution in [0.2, 0.25) is 0 Å². The summed E-state index contributed by atoms with van der Waals surface area (Å²) < 4.78 is 24.0. The van der Waals surface area contributed by atoms with Gasteiger partial charge in [-0.25, -0.2) is 9.59 Å². The summed E-state index contributed by atoms with van der Waals surface area (Å²) in [5.74, 6) is -1.61. The zero-order valence-electron chi connectivity index (χ0n) is 18.8. The Morgan fingerprint density at radius 2 is 1.70 bits per heavy atom. The fraction of sp³-hybridized carbons (Fsp3) is 0.478. The van der Waals surface area contributed by atoms with Crippen LogP contribution in [0.25, 0.3) is 10.9 Å². The summed E-state index contributed by atoms with van der Waals surface area (Å²) in [5, 5.41) is 1.03. The lowest BCUT2D eigenvalue weighted by Crippen LogP contribution is -2.41. The minimum Gasteiger partial charge on any atom is -0.469 e. The second-order valence-electron chi connectivity index (χ2n) is 7.85. The van der Waals surface area contributed by atoms with Crippen LogP contribution in [-0.2, 0) is 49.3 Å². The van der Waals surface area contributed by atoms with Gasteiger partial charge in [0.2, 0.25) is 5.60 Å². The summed E-state index contributed by atoms with van der Waals surface area (Å²) in [6.45, 7) is 0.330. The van der Waals surface area contributed by atoms with E-state index in [1.165, 1.54) is 21.3 Å². The fourth-order valence-electron chi connectivity index (χ4n) is 3.78. The number of methoxy groups -OCH3 is 3. The number of ether oxygens (including phenoxy) is 5. The zero-order valence-corrected chi connectivity index (χ0v) is 18.8. The first-order chi connectivity index (χ1) is 15.8. The molecule has 10 nitrogen and oxygen atoms in total. The van der Waals surface area contributed by atoms with E-state index in [0.29, 0.717) is 25.9 Å². The lowest BCUT2D eigenvalue weighted by atomic mass is 9.91. The molecule has 0 saturated carbocycles. The molecule has 1 aromatic heterocycles. The number of epoxide rings is 1. The van der Waals surface area contributed by atoms with Gasteiger partial charge in [0.15, 0.2) is 5.60 Å². The third-order valence-corrected chi connectivity index (χ3v) is 5.76. The van der Waals surface area contributed by atoms with Crippen LogP contribution in [0.1, 0.15) is 31.2 Å². The van der Waals surface area contributed by atoms with Crippen LogP contribution in [0.5, 0.6) is 0 Å². The summed E-state index contributed by atoms with van der Waals surface area (Å²) in [7, 11) is 3.91. The molecule has 2 aromatic rings. The van der Waals surface area contributed by atoms with E-state index in [1.54, 1.807) is 0 Å². The van der Waals surface area contributed by atoms with Crippen molar-refractivity contribution in [2.75, 3.05) is 27.9 Å². The van der Waals surface area contributed by atoms with Crippen molar-refractivity contribution in [3.8, 4) is 0 Å². The van der Waals surface area contributed by atoms with Crippen molar-refractivity contribution in [1.29, 1.82) is 0 Å². The predicted octanol–water partition coefficient (Wildman–Crippen LogP) is 1.84. The van der Waals surface area contributed by atoms with Gasteiger partial charge in [0.1, 0.15) is 0 Å². The van der Waals surface area contributed by atoms with Gasteiger partial charge in [0.05, 0.1) is 27.9 Å². The summed E-state index contributed by atoms with van der Waals surface area (Å²) in [5.41, 5.74) is -0.118. The Hall–Kier alpha value is -3.40. The highest BCUT2D eigenvalue weighted by atomic mass is 16.6. The number of nitrogens with one attached hydrogen (secondary N) is 1. The van der Waals surface area contributed by atoms with Crippen LogP contribution in [0.15, 0.2) is 30.5 Å². The van der Waals surface area contributed by atoms with E-state index in [2.05, 4.69) is 14.5 Å². The van der Waals surface area contributed by atoms with Gasteiger partial charge >= 0.3 is 23.9 Å². The summed E-state index contributed by atoms with van der Waals surface area (Å²) >= 11 is 0. The number of H-pyrrole nitrogens is 1. The van der Waals surface area contributed by atoms with Gasteiger partial charge in [-0.3, -0.25) is 9.59 Å². The van der Waals surface area contributed by atoms with E-state index in [1.807, 2.05) is 30.5 Å². The highest BCUT2D eigenvalue weighted by molar-refractivity contribution is 5.89. The van der Waals surface area contributed by atoms with Crippen LogP contribution in [0.4, 0.5) is 0 Å². The Bertz CT molecular complexity index is 1040. The standard InChI is InChI=1S/C15H15NO4.C8H12O5/c1-19-14(18)15(7-6-13(17)20-15)8-10-9-16-12-5-3-2-4-11(10)12;1-11-6(9)3-4-8(5-13-8)7(10)12-2/h2-5,9,16H,6-8H2,1H3;3-5H2,1-2H3. The fourth-order valence-corrected chi connectivity index (χ4v) is 3.78. The molecule has 178 valence electrons. The highest BCUT2D eigenvalue weighted by Gasteiger charge is 2.53. The van der Waals surface area contributed by atoms with Crippen molar-refractivity contribution in [3.05, 3.63) is 36.0 Å². The van der Waals surface area contributed by atoms with E-state index in [-0.39, 0.29) is 24.8 Å². The average Bonchev–Trinajstić information content (AvgIpc) is 3.39. The van der Waals surface area contributed by atoms with Gasteiger partial charge in [-0.05, 0) is 18.1 Å². The van der Waals surface area contributed by atoms with Crippen LogP contribution in [-0.4, -0.2) is 68.0 Å². The molecule has 2 atom stereocenters. The smallest absolute Gasteiger partial charge is 0.350 e. The van der Waals surface area contributed by atoms with E-state index < -0.39 is 23.1 Å². The third kappa shape index (κ3) is 5.33.